The Hall–Kier alpha value is -1.43. The summed E-state index contributed by atoms with van der Waals surface area (Å²) in [7, 11) is -3.34. The number of carbonyl (C=O) groups excluding carboxylic acids is 2. The normalized spacial score (nSPS) is 11.0. The first-order valence-electron chi connectivity index (χ1n) is 8.25. The minimum absolute atomic E-state index is 0.0442. The Morgan fingerprint density at radius 3 is 1.64 bits per heavy atom. The van der Waals surface area contributed by atoms with Crippen LogP contribution in [0.2, 0.25) is 0 Å². The van der Waals surface area contributed by atoms with Crippen LogP contribution in [0.1, 0.15) is 40.0 Å². The molecule has 8 heteroatoms. The van der Waals surface area contributed by atoms with Crippen molar-refractivity contribution in [1.82, 2.24) is 0 Å². The van der Waals surface area contributed by atoms with E-state index in [2.05, 4.69) is 13.2 Å². The minimum Gasteiger partial charge on any atom is -0.460 e. The molecule has 0 bridgehead atoms. The maximum absolute atomic E-state index is 12.7. The Balaban J connectivity index is 4.34. The van der Waals surface area contributed by atoms with E-state index in [1.165, 1.54) is 13.8 Å². The molecular weight excluding hydrogens is 347 g/mol. The van der Waals surface area contributed by atoms with Gasteiger partial charge in [-0.1, -0.05) is 32.9 Å². The fraction of sp³-hybridized carbons (Fsp3) is 0.647. The molecule has 0 spiro atoms. The van der Waals surface area contributed by atoms with Crippen molar-refractivity contribution in [3.05, 3.63) is 24.3 Å². The van der Waals surface area contributed by atoms with Crippen LogP contribution in [-0.2, 0) is 32.7 Å². The predicted octanol–water partition coefficient (Wildman–Crippen LogP) is 3.64. The van der Waals surface area contributed by atoms with Crippen LogP contribution in [0.5, 0.6) is 0 Å². The van der Waals surface area contributed by atoms with E-state index in [4.69, 9.17) is 18.5 Å². The zero-order valence-electron chi connectivity index (χ0n) is 15.4. The van der Waals surface area contributed by atoms with E-state index in [-0.39, 0.29) is 43.7 Å². The van der Waals surface area contributed by atoms with Crippen LogP contribution in [0.4, 0.5) is 0 Å². The molecule has 144 valence electrons. The summed E-state index contributed by atoms with van der Waals surface area (Å²) in [5.74, 6) is -1.06. The highest BCUT2D eigenvalue weighted by molar-refractivity contribution is 7.53. The summed E-state index contributed by atoms with van der Waals surface area (Å²) in [6.45, 7) is 11.8. The lowest BCUT2D eigenvalue weighted by Gasteiger charge is -2.18. The van der Waals surface area contributed by atoms with Gasteiger partial charge >= 0.3 is 19.5 Å². The van der Waals surface area contributed by atoms with Gasteiger partial charge in [-0.2, -0.15) is 0 Å². The molecule has 0 aromatic heterocycles. The number of hydrogen-bond acceptors (Lipinski definition) is 7. The summed E-state index contributed by atoms with van der Waals surface area (Å²) in [5, 5.41) is 0. The monoisotopic (exact) mass is 376 g/mol. The Morgan fingerprint density at radius 2 is 1.28 bits per heavy atom. The molecule has 0 aromatic rings. The van der Waals surface area contributed by atoms with Gasteiger partial charge in [0.05, 0.1) is 19.4 Å². The third-order valence-electron chi connectivity index (χ3n) is 2.94. The van der Waals surface area contributed by atoms with Crippen LogP contribution in [0.25, 0.3) is 0 Å². The van der Waals surface area contributed by atoms with E-state index in [0.29, 0.717) is 6.42 Å². The van der Waals surface area contributed by atoms with Crippen molar-refractivity contribution < 1.29 is 32.7 Å². The maximum atomic E-state index is 12.7. The quantitative estimate of drug-likeness (QED) is 0.198. The Bertz CT molecular complexity index is 475. The van der Waals surface area contributed by atoms with E-state index < -0.39 is 19.5 Å². The second kappa shape index (κ2) is 12.9. The highest BCUT2D eigenvalue weighted by Gasteiger charge is 2.24. The van der Waals surface area contributed by atoms with Crippen molar-refractivity contribution in [3.8, 4) is 0 Å². The van der Waals surface area contributed by atoms with Crippen LogP contribution in [0, 0.1) is 0 Å². The Morgan fingerprint density at radius 1 is 0.840 bits per heavy atom. The zero-order chi connectivity index (χ0) is 19.3. The first-order valence-corrected chi connectivity index (χ1v) is 9.98. The molecule has 7 nitrogen and oxygen atoms in total. The van der Waals surface area contributed by atoms with Crippen LogP contribution < -0.4 is 0 Å². The van der Waals surface area contributed by atoms with Crippen molar-refractivity contribution in [3.63, 3.8) is 0 Å². The number of carbonyl (C=O) groups is 2. The van der Waals surface area contributed by atoms with Crippen molar-refractivity contribution in [2.24, 2.45) is 0 Å². The molecule has 0 aliphatic rings. The van der Waals surface area contributed by atoms with Crippen molar-refractivity contribution >= 4 is 19.5 Å². The van der Waals surface area contributed by atoms with Gasteiger partial charge in [0.25, 0.3) is 0 Å². The van der Waals surface area contributed by atoms with E-state index in [1.807, 2.05) is 6.92 Å². The maximum Gasteiger partial charge on any atom is 0.333 e. The van der Waals surface area contributed by atoms with Gasteiger partial charge in [0.1, 0.15) is 13.2 Å². The minimum atomic E-state index is -3.34. The van der Waals surface area contributed by atoms with Gasteiger partial charge in [-0.15, -0.1) is 0 Å². The molecule has 0 N–H and O–H groups in total. The van der Waals surface area contributed by atoms with Crippen molar-refractivity contribution in [1.29, 1.82) is 0 Å². The predicted molar refractivity (Wildman–Crippen MR) is 95.4 cm³/mol. The Kier molecular flexibility index (Phi) is 12.1. The lowest BCUT2D eigenvalue weighted by Crippen LogP contribution is -2.14. The number of rotatable bonds is 14. The molecule has 25 heavy (non-hydrogen) atoms. The van der Waals surface area contributed by atoms with E-state index >= 15 is 0 Å². The van der Waals surface area contributed by atoms with Crippen LogP contribution in [0.3, 0.4) is 0 Å². The van der Waals surface area contributed by atoms with Crippen molar-refractivity contribution in [2.75, 3.05) is 32.6 Å². The second-order valence-corrected chi connectivity index (χ2v) is 7.73. The Labute approximate surface area is 149 Å². The van der Waals surface area contributed by atoms with Crippen LogP contribution >= 0.6 is 7.60 Å². The molecule has 0 saturated carbocycles. The van der Waals surface area contributed by atoms with E-state index in [0.717, 1.165) is 12.8 Å². The number of unbranched alkanes of at least 4 members (excludes halogenated alkanes) is 2. The molecule has 0 heterocycles. The molecule has 0 aromatic carbocycles. The summed E-state index contributed by atoms with van der Waals surface area (Å²) in [6, 6.07) is 0. The highest BCUT2D eigenvalue weighted by Crippen LogP contribution is 2.48. The topological polar surface area (TPSA) is 88.1 Å². The standard InChI is InChI=1S/C17H29O7P/c1-6-7-8-13-25(20,23-11-9-21-16(18)14(2)3)24-12-10-22-17(19)15(4)5/h2,4,6-13H2,1,3,5H3. The van der Waals surface area contributed by atoms with Gasteiger partial charge in [0.2, 0.25) is 0 Å². The zero-order valence-corrected chi connectivity index (χ0v) is 16.3. The number of esters is 2. The second-order valence-electron chi connectivity index (χ2n) is 5.54. The number of hydrogen-bond donors (Lipinski definition) is 0. The molecule has 0 radical (unpaired) electrons. The molecule has 0 amide bonds. The highest BCUT2D eigenvalue weighted by atomic mass is 31.2. The molecule has 0 saturated heterocycles. The fourth-order valence-electron chi connectivity index (χ4n) is 1.59. The van der Waals surface area contributed by atoms with Crippen molar-refractivity contribution in [2.45, 2.75) is 40.0 Å². The summed E-state index contributed by atoms with van der Waals surface area (Å²) >= 11 is 0. The summed E-state index contributed by atoms with van der Waals surface area (Å²) in [4.78, 5) is 22.5. The fourth-order valence-corrected chi connectivity index (χ4v) is 3.24. The molecule has 0 fully saturated rings. The van der Waals surface area contributed by atoms with Gasteiger partial charge in [-0.05, 0) is 20.3 Å². The lowest BCUT2D eigenvalue weighted by atomic mass is 10.3. The molecule has 0 atom stereocenters. The third kappa shape index (κ3) is 11.7. The molecule has 0 aliphatic heterocycles. The van der Waals surface area contributed by atoms with Crippen LogP contribution in [0.15, 0.2) is 24.3 Å². The summed E-state index contributed by atoms with van der Waals surface area (Å²) in [6.07, 6.45) is 2.80. The molecule has 0 rings (SSSR count). The first-order chi connectivity index (χ1) is 11.7. The third-order valence-corrected chi connectivity index (χ3v) is 4.96. The van der Waals surface area contributed by atoms with E-state index in [9.17, 15) is 14.2 Å². The lowest BCUT2D eigenvalue weighted by molar-refractivity contribution is -0.140. The van der Waals surface area contributed by atoms with Gasteiger partial charge in [-0.3, -0.25) is 4.57 Å². The average molecular weight is 376 g/mol. The van der Waals surface area contributed by atoms with Crippen LogP contribution in [-0.4, -0.2) is 44.5 Å². The molecule has 0 unspecified atom stereocenters. The average Bonchev–Trinajstić information content (AvgIpc) is 2.55. The number of ether oxygens (including phenoxy) is 2. The largest absolute Gasteiger partial charge is 0.460 e. The molecular formula is C17H29O7P. The van der Waals surface area contributed by atoms with Gasteiger partial charge < -0.3 is 18.5 Å². The summed E-state index contributed by atoms with van der Waals surface area (Å²) in [5.41, 5.74) is 0.559. The van der Waals surface area contributed by atoms with E-state index in [1.54, 1.807) is 0 Å². The smallest absolute Gasteiger partial charge is 0.333 e. The molecule has 0 aliphatic carbocycles. The summed E-state index contributed by atoms with van der Waals surface area (Å²) < 4.78 is 33.1. The SMILES string of the molecule is C=C(C)C(=O)OCCOP(=O)(CCCCC)OCCOC(=O)C(=C)C. The first kappa shape index (κ1) is 23.6. The van der Waals surface area contributed by atoms with Gasteiger partial charge in [-0.25, -0.2) is 9.59 Å². The van der Waals surface area contributed by atoms with Gasteiger partial charge in [0, 0.05) is 11.1 Å². The van der Waals surface area contributed by atoms with Gasteiger partial charge in [0.15, 0.2) is 0 Å².